The number of rotatable bonds is 5. The number of hydrogen-bond acceptors (Lipinski definition) is 4. The number of hydrogen-bond donors (Lipinski definition) is 1. The number of amides is 1. The SMILES string of the molecule is COC(C)CCC(=O)N1CCN(c2ccccc2N)CC1. The lowest BCUT2D eigenvalue weighted by Crippen LogP contribution is -2.49. The van der Waals surface area contributed by atoms with E-state index in [1.54, 1.807) is 7.11 Å². The maximum absolute atomic E-state index is 12.2. The van der Waals surface area contributed by atoms with Crippen molar-refractivity contribution in [1.29, 1.82) is 0 Å². The van der Waals surface area contributed by atoms with Crippen LogP contribution in [0.5, 0.6) is 0 Å². The second-order valence-corrected chi connectivity index (χ2v) is 5.51. The number of nitrogens with two attached hydrogens (primary N) is 1. The van der Waals surface area contributed by atoms with Crippen LogP contribution in [0.3, 0.4) is 0 Å². The summed E-state index contributed by atoms with van der Waals surface area (Å²) in [5, 5.41) is 0. The normalized spacial score (nSPS) is 16.9. The number of nitrogens with zero attached hydrogens (tertiary/aromatic N) is 2. The van der Waals surface area contributed by atoms with Gasteiger partial charge in [-0.15, -0.1) is 0 Å². The Labute approximate surface area is 126 Å². The first-order valence-electron chi connectivity index (χ1n) is 7.52. The monoisotopic (exact) mass is 291 g/mol. The molecule has 116 valence electrons. The quantitative estimate of drug-likeness (QED) is 0.839. The molecule has 0 aromatic heterocycles. The second-order valence-electron chi connectivity index (χ2n) is 5.51. The van der Waals surface area contributed by atoms with E-state index < -0.39 is 0 Å². The molecule has 5 heteroatoms. The topological polar surface area (TPSA) is 58.8 Å². The van der Waals surface area contributed by atoms with Gasteiger partial charge in [0.2, 0.25) is 5.91 Å². The first-order chi connectivity index (χ1) is 10.1. The third kappa shape index (κ3) is 4.11. The molecule has 1 aliphatic rings. The average molecular weight is 291 g/mol. The van der Waals surface area contributed by atoms with Gasteiger partial charge in [0.15, 0.2) is 0 Å². The summed E-state index contributed by atoms with van der Waals surface area (Å²) >= 11 is 0. The highest BCUT2D eigenvalue weighted by Gasteiger charge is 2.22. The molecule has 1 saturated heterocycles. The van der Waals surface area contributed by atoms with Crippen LogP contribution >= 0.6 is 0 Å². The van der Waals surface area contributed by atoms with Crippen LogP contribution in [-0.4, -0.2) is 50.2 Å². The minimum Gasteiger partial charge on any atom is -0.397 e. The van der Waals surface area contributed by atoms with Crippen LogP contribution in [0.2, 0.25) is 0 Å². The van der Waals surface area contributed by atoms with E-state index >= 15 is 0 Å². The van der Waals surface area contributed by atoms with Gasteiger partial charge in [-0.1, -0.05) is 12.1 Å². The molecule has 1 heterocycles. The predicted octanol–water partition coefficient (Wildman–Crippen LogP) is 1.73. The molecular weight excluding hydrogens is 266 g/mol. The van der Waals surface area contributed by atoms with Gasteiger partial charge >= 0.3 is 0 Å². The molecule has 1 aromatic carbocycles. The molecule has 1 amide bonds. The first kappa shape index (κ1) is 15.6. The molecular formula is C16H25N3O2. The number of para-hydroxylation sites is 2. The van der Waals surface area contributed by atoms with Crippen molar-refractivity contribution in [2.75, 3.05) is 43.9 Å². The molecule has 1 unspecified atom stereocenters. The number of ether oxygens (including phenoxy) is 1. The predicted molar refractivity (Wildman–Crippen MR) is 85.4 cm³/mol. The number of nitrogen functional groups attached to an aromatic ring is 1. The number of carbonyl (C=O) groups is 1. The number of carbonyl (C=O) groups excluding carboxylic acids is 1. The Morgan fingerprint density at radius 2 is 1.95 bits per heavy atom. The smallest absolute Gasteiger partial charge is 0.222 e. The van der Waals surface area contributed by atoms with E-state index in [0.717, 1.165) is 44.0 Å². The molecule has 1 fully saturated rings. The summed E-state index contributed by atoms with van der Waals surface area (Å²) in [6.45, 7) is 5.17. The molecule has 2 rings (SSSR count). The Balaban J connectivity index is 1.83. The van der Waals surface area contributed by atoms with Gasteiger partial charge in [-0.25, -0.2) is 0 Å². The van der Waals surface area contributed by atoms with Crippen LogP contribution < -0.4 is 10.6 Å². The molecule has 0 saturated carbocycles. The Hall–Kier alpha value is -1.75. The largest absolute Gasteiger partial charge is 0.397 e. The molecule has 1 aromatic rings. The number of methoxy groups -OCH3 is 1. The van der Waals surface area contributed by atoms with Gasteiger partial charge in [0.05, 0.1) is 17.5 Å². The van der Waals surface area contributed by atoms with Crippen molar-refractivity contribution in [3.63, 3.8) is 0 Å². The van der Waals surface area contributed by atoms with Crippen molar-refractivity contribution in [3.05, 3.63) is 24.3 Å². The zero-order chi connectivity index (χ0) is 15.2. The summed E-state index contributed by atoms with van der Waals surface area (Å²) in [7, 11) is 1.68. The highest BCUT2D eigenvalue weighted by Crippen LogP contribution is 2.23. The maximum atomic E-state index is 12.2. The first-order valence-corrected chi connectivity index (χ1v) is 7.52. The molecule has 1 aliphatic heterocycles. The summed E-state index contributed by atoms with van der Waals surface area (Å²) in [5.74, 6) is 0.222. The van der Waals surface area contributed by atoms with E-state index in [1.165, 1.54) is 0 Å². The van der Waals surface area contributed by atoms with E-state index in [-0.39, 0.29) is 12.0 Å². The third-order valence-corrected chi connectivity index (χ3v) is 4.08. The Morgan fingerprint density at radius 3 is 2.57 bits per heavy atom. The molecule has 2 N–H and O–H groups in total. The van der Waals surface area contributed by atoms with E-state index in [1.807, 2.05) is 36.1 Å². The standard InChI is InChI=1S/C16H25N3O2/c1-13(21-2)7-8-16(20)19-11-9-18(10-12-19)15-6-4-3-5-14(15)17/h3-6,13H,7-12,17H2,1-2H3. The van der Waals surface area contributed by atoms with Gasteiger partial charge in [-0.2, -0.15) is 0 Å². The van der Waals surface area contributed by atoms with Crippen molar-refractivity contribution < 1.29 is 9.53 Å². The van der Waals surface area contributed by atoms with Crippen LogP contribution in [0, 0.1) is 0 Å². The Bertz CT molecular complexity index is 470. The molecule has 5 nitrogen and oxygen atoms in total. The molecule has 1 atom stereocenters. The van der Waals surface area contributed by atoms with Gasteiger partial charge in [-0.05, 0) is 25.5 Å². The highest BCUT2D eigenvalue weighted by atomic mass is 16.5. The zero-order valence-electron chi connectivity index (χ0n) is 12.9. The minimum atomic E-state index is 0.138. The summed E-state index contributed by atoms with van der Waals surface area (Å²) < 4.78 is 5.18. The van der Waals surface area contributed by atoms with Crippen LogP contribution in [0.15, 0.2) is 24.3 Å². The fourth-order valence-electron chi connectivity index (χ4n) is 2.57. The van der Waals surface area contributed by atoms with E-state index in [2.05, 4.69) is 4.90 Å². The van der Waals surface area contributed by atoms with Crippen LogP contribution in [0.4, 0.5) is 11.4 Å². The van der Waals surface area contributed by atoms with Crippen molar-refractivity contribution in [1.82, 2.24) is 4.90 Å². The van der Waals surface area contributed by atoms with Crippen LogP contribution in [0.1, 0.15) is 19.8 Å². The van der Waals surface area contributed by atoms with Gasteiger partial charge in [0.25, 0.3) is 0 Å². The van der Waals surface area contributed by atoms with Crippen molar-refractivity contribution in [2.45, 2.75) is 25.9 Å². The van der Waals surface area contributed by atoms with Crippen LogP contribution in [0.25, 0.3) is 0 Å². The lowest BCUT2D eigenvalue weighted by atomic mass is 10.1. The second kappa shape index (κ2) is 7.31. The van der Waals surface area contributed by atoms with Crippen molar-refractivity contribution in [2.24, 2.45) is 0 Å². The highest BCUT2D eigenvalue weighted by molar-refractivity contribution is 5.77. The van der Waals surface area contributed by atoms with Gasteiger partial charge in [0, 0.05) is 39.7 Å². The number of benzene rings is 1. The van der Waals surface area contributed by atoms with E-state index in [4.69, 9.17) is 10.5 Å². The number of anilines is 2. The molecule has 0 bridgehead atoms. The summed E-state index contributed by atoms with van der Waals surface area (Å²) in [4.78, 5) is 16.3. The Morgan fingerprint density at radius 1 is 1.29 bits per heavy atom. The fourth-order valence-corrected chi connectivity index (χ4v) is 2.57. The number of piperazine rings is 1. The molecule has 0 spiro atoms. The van der Waals surface area contributed by atoms with E-state index in [9.17, 15) is 4.79 Å². The summed E-state index contributed by atoms with van der Waals surface area (Å²) in [5.41, 5.74) is 7.87. The molecule has 0 aliphatic carbocycles. The van der Waals surface area contributed by atoms with Crippen molar-refractivity contribution >= 4 is 17.3 Å². The van der Waals surface area contributed by atoms with Gasteiger partial charge in [0.1, 0.15) is 0 Å². The van der Waals surface area contributed by atoms with Crippen LogP contribution in [-0.2, 0) is 9.53 Å². The maximum Gasteiger partial charge on any atom is 0.222 e. The Kier molecular flexibility index (Phi) is 5.44. The van der Waals surface area contributed by atoms with E-state index in [0.29, 0.717) is 6.42 Å². The zero-order valence-corrected chi connectivity index (χ0v) is 12.9. The fraction of sp³-hybridized carbons (Fsp3) is 0.562. The molecule has 21 heavy (non-hydrogen) atoms. The van der Waals surface area contributed by atoms with Crippen molar-refractivity contribution in [3.8, 4) is 0 Å². The van der Waals surface area contributed by atoms with Gasteiger partial charge in [-0.3, -0.25) is 4.79 Å². The summed E-state index contributed by atoms with van der Waals surface area (Å²) in [6.07, 6.45) is 1.48. The van der Waals surface area contributed by atoms with Gasteiger partial charge < -0.3 is 20.3 Å². The lowest BCUT2D eigenvalue weighted by molar-refractivity contribution is -0.132. The summed E-state index contributed by atoms with van der Waals surface area (Å²) in [6, 6.07) is 7.89. The third-order valence-electron chi connectivity index (χ3n) is 4.08. The lowest BCUT2D eigenvalue weighted by Gasteiger charge is -2.36. The molecule has 0 radical (unpaired) electrons. The average Bonchev–Trinajstić information content (AvgIpc) is 2.53. The minimum absolute atomic E-state index is 0.138.